The van der Waals surface area contributed by atoms with E-state index in [2.05, 4.69) is 26.9 Å². The second-order valence-electron chi connectivity index (χ2n) is 4.90. The molecule has 124 valence electrons. The fourth-order valence-electron chi connectivity index (χ4n) is 1.96. The van der Waals surface area contributed by atoms with E-state index in [1.165, 1.54) is 0 Å². The van der Waals surface area contributed by atoms with Crippen LogP contribution in [0.5, 0.6) is 0 Å². The van der Waals surface area contributed by atoms with E-state index in [4.69, 9.17) is 10.8 Å². The Bertz CT molecular complexity index is 730. The molecule has 0 fully saturated rings. The summed E-state index contributed by atoms with van der Waals surface area (Å²) in [5.74, 6) is 3.64. The lowest BCUT2D eigenvalue weighted by atomic mass is 10.2. The molecule has 1 heterocycles. The molecular formula is C18H20N4O2. The van der Waals surface area contributed by atoms with Gasteiger partial charge in [-0.05, 0) is 37.3 Å². The predicted molar refractivity (Wildman–Crippen MR) is 94.5 cm³/mol. The maximum absolute atomic E-state index is 12.0. The normalized spacial score (nSPS) is 10.8. The summed E-state index contributed by atoms with van der Waals surface area (Å²) >= 11 is 0. The van der Waals surface area contributed by atoms with Crippen molar-refractivity contribution in [3.63, 3.8) is 0 Å². The number of benzene rings is 1. The van der Waals surface area contributed by atoms with E-state index >= 15 is 0 Å². The highest BCUT2D eigenvalue weighted by molar-refractivity contribution is 5.94. The molecule has 24 heavy (non-hydrogen) atoms. The second kappa shape index (κ2) is 9.06. The number of terminal acetylenes is 1. The standard InChI is InChI=1S/C18H20N4O2/c1-3-14-7-5-8-15(11-14)22-17(23)13-21-18(19-4-2)20-12-16-9-6-10-24-16/h1,5-11H,4,12-13H2,2H3,(H,22,23)(H2,19,20,21). The first-order valence-electron chi connectivity index (χ1n) is 7.62. The first kappa shape index (κ1) is 17.2. The van der Waals surface area contributed by atoms with Crippen molar-refractivity contribution in [2.45, 2.75) is 13.5 Å². The fourth-order valence-corrected chi connectivity index (χ4v) is 1.96. The minimum absolute atomic E-state index is 0.00618. The molecule has 0 bridgehead atoms. The van der Waals surface area contributed by atoms with E-state index in [0.717, 1.165) is 5.76 Å². The number of aliphatic imine (C=N–C) groups is 1. The molecule has 0 atom stereocenters. The average Bonchev–Trinajstić information content (AvgIpc) is 3.11. The van der Waals surface area contributed by atoms with Crippen molar-refractivity contribution >= 4 is 17.6 Å². The fraction of sp³-hybridized carbons (Fsp3) is 0.222. The molecule has 1 aromatic heterocycles. The summed E-state index contributed by atoms with van der Waals surface area (Å²) in [6.45, 7) is 3.13. The Morgan fingerprint density at radius 1 is 1.29 bits per heavy atom. The number of hydrogen-bond donors (Lipinski definition) is 3. The van der Waals surface area contributed by atoms with E-state index in [9.17, 15) is 4.79 Å². The molecule has 3 N–H and O–H groups in total. The van der Waals surface area contributed by atoms with E-state index < -0.39 is 0 Å². The number of amides is 1. The molecule has 1 amide bonds. The van der Waals surface area contributed by atoms with Gasteiger partial charge in [0.05, 0.1) is 12.8 Å². The monoisotopic (exact) mass is 324 g/mol. The molecule has 1 aromatic carbocycles. The van der Waals surface area contributed by atoms with Gasteiger partial charge in [0, 0.05) is 17.8 Å². The Balaban J connectivity index is 1.89. The zero-order valence-electron chi connectivity index (χ0n) is 13.5. The summed E-state index contributed by atoms with van der Waals surface area (Å²) in [7, 11) is 0. The molecule has 0 aliphatic rings. The van der Waals surface area contributed by atoms with Crippen LogP contribution < -0.4 is 16.0 Å². The number of hydrogen-bond acceptors (Lipinski definition) is 3. The molecule has 0 spiro atoms. The molecule has 0 radical (unpaired) electrons. The van der Waals surface area contributed by atoms with Crippen molar-refractivity contribution in [2.24, 2.45) is 4.99 Å². The minimum Gasteiger partial charge on any atom is -0.467 e. The van der Waals surface area contributed by atoms with Gasteiger partial charge in [-0.15, -0.1) is 6.42 Å². The first-order valence-corrected chi connectivity index (χ1v) is 7.62. The van der Waals surface area contributed by atoms with Gasteiger partial charge in [0.1, 0.15) is 12.3 Å². The van der Waals surface area contributed by atoms with Gasteiger partial charge < -0.3 is 20.4 Å². The van der Waals surface area contributed by atoms with Crippen LogP contribution in [0.4, 0.5) is 5.69 Å². The van der Waals surface area contributed by atoms with Gasteiger partial charge in [-0.2, -0.15) is 0 Å². The average molecular weight is 324 g/mol. The zero-order chi connectivity index (χ0) is 17.2. The third-order valence-electron chi connectivity index (χ3n) is 3.05. The third-order valence-corrected chi connectivity index (χ3v) is 3.05. The Labute approximate surface area is 141 Å². The summed E-state index contributed by atoms with van der Waals surface area (Å²) < 4.78 is 5.25. The van der Waals surface area contributed by atoms with Gasteiger partial charge in [-0.25, -0.2) is 4.99 Å². The first-order chi connectivity index (χ1) is 11.7. The number of nitrogens with one attached hydrogen (secondary N) is 3. The van der Waals surface area contributed by atoms with Crippen LogP contribution in [0.2, 0.25) is 0 Å². The van der Waals surface area contributed by atoms with Crippen LogP contribution in [0.25, 0.3) is 0 Å². The van der Waals surface area contributed by atoms with Gasteiger partial charge in [0.15, 0.2) is 5.96 Å². The summed E-state index contributed by atoms with van der Waals surface area (Å²) in [6, 6.07) is 10.8. The van der Waals surface area contributed by atoms with Crippen molar-refractivity contribution in [1.82, 2.24) is 10.6 Å². The van der Waals surface area contributed by atoms with Crippen molar-refractivity contribution < 1.29 is 9.21 Å². The number of rotatable bonds is 6. The quantitative estimate of drug-likeness (QED) is 0.431. The van der Waals surface area contributed by atoms with E-state index in [1.54, 1.807) is 30.5 Å². The molecule has 0 saturated heterocycles. The Kier molecular flexibility index (Phi) is 6.47. The van der Waals surface area contributed by atoms with Crippen LogP contribution in [0.1, 0.15) is 18.2 Å². The molecular weight excluding hydrogens is 304 g/mol. The van der Waals surface area contributed by atoms with Gasteiger partial charge in [-0.3, -0.25) is 4.79 Å². The Morgan fingerprint density at radius 2 is 2.17 bits per heavy atom. The minimum atomic E-state index is -0.223. The number of nitrogens with zero attached hydrogens (tertiary/aromatic N) is 1. The van der Waals surface area contributed by atoms with Crippen LogP contribution in [-0.4, -0.2) is 25.0 Å². The second-order valence-corrected chi connectivity index (χ2v) is 4.90. The highest BCUT2D eigenvalue weighted by atomic mass is 16.3. The van der Waals surface area contributed by atoms with Crippen molar-refractivity contribution in [1.29, 1.82) is 0 Å². The molecule has 6 nitrogen and oxygen atoms in total. The molecule has 6 heteroatoms. The number of furan rings is 1. The molecule has 2 aromatic rings. The zero-order valence-corrected chi connectivity index (χ0v) is 13.5. The Hall–Kier alpha value is -3.20. The van der Waals surface area contributed by atoms with Crippen molar-refractivity contribution in [2.75, 3.05) is 18.4 Å². The third kappa shape index (κ3) is 5.54. The van der Waals surface area contributed by atoms with Crippen molar-refractivity contribution in [3.05, 3.63) is 54.0 Å². The highest BCUT2D eigenvalue weighted by Crippen LogP contribution is 2.09. The van der Waals surface area contributed by atoms with Crippen LogP contribution in [-0.2, 0) is 11.3 Å². The number of carbonyl (C=O) groups excluding carboxylic acids is 1. The SMILES string of the molecule is C#Cc1cccc(NC(=O)CN=C(NCC)NCc2ccco2)c1. The molecule has 0 saturated carbocycles. The van der Waals surface area contributed by atoms with Crippen LogP contribution >= 0.6 is 0 Å². The van der Waals surface area contributed by atoms with Gasteiger partial charge in [0.2, 0.25) is 5.91 Å². The molecule has 0 aliphatic carbocycles. The lowest BCUT2D eigenvalue weighted by molar-refractivity contribution is -0.114. The summed E-state index contributed by atoms with van der Waals surface area (Å²) in [6.07, 6.45) is 6.96. The summed E-state index contributed by atoms with van der Waals surface area (Å²) in [5.41, 5.74) is 1.36. The van der Waals surface area contributed by atoms with Gasteiger partial charge in [0.25, 0.3) is 0 Å². The molecule has 0 aliphatic heterocycles. The smallest absolute Gasteiger partial charge is 0.246 e. The lowest BCUT2D eigenvalue weighted by Gasteiger charge is -2.10. The topological polar surface area (TPSA) is 78.7 Å². The lowest BCUT2D eigenvalue weighted by Crippen LogP contribution is -2.37. The summed E-state index contributed by atoms with van der Waals surface area (Å²) in [5, 5.41) is 8.94. The number of anilines is 1. The number of carbonyl (C=O) groups is 1. The van der Waals surface area contributed by atoms with Gasteiger partial charge in [-0.1, -0.05) is 12.0 Å². The van der Waals surface area contributed by atoms with Crippen molar-refractivity contribution in [3.8, 4) is 12.3 Å². The summed E-state index contributed by atoms with van der Waals surface area (Å²) in [4.78, 5) is 16.3. The maximum atomic E-state index is 12.0. The molecule has 0 unspecified atom stereocenters. The van der Waals surface area contributed by atoms with E-state index in [1.807, 2.05) is 19.1 Å². The van der Waals surface area contributed by atoms with E-state index in [-0.39, 0.29) is 12.5 Å². The largest absolute Gasteiger partial charge is 0.467 e. The highest BCUT2D eigenvalue weighted by Gasteiger charge is 2.04. The van der Waals surface area contributed by atoms with Crippen LogP contribution in [0.3, 0.4) is 0 Å². The Morgan fingerprint density at radius 3 is 2.88 bits per heavy atom. The van der Waals surface area contributed by atoms with Crippen LogP contribution in [0, 0.1) is 12.3 Å². The number of guanidine groups is 1. The maximum Gasteiger partial charge on any atom is 0.246 e. The molecule has 2 rings (SSSR count). The van der Waals surface area contributed by atoms with E-state index in [0.29, 0.717) is 30.3 Å². The van der Waals surface area contributed by atoms with Crippen LogP contribution in [0.15, 0.2) is 52.1 Å². The van der Waals surface area contributed by atoms with Gasteiger partial charge >= 0.3 is 0 Å². The predicted octanol–water partition coefficient (Wildman–Crippen LogP) is 1.95.